The maximum Gasteiger partial charge on any atom is 0.335 e. The summed E-state index contributed by atoms with van der Waals surface area (Å²) < 4.78 is 5.79. The van der Waals surface area contributed by atoms with E-state index in [2.05, 4.69) is 12.2 Å². The van der Waals surface area contributed by atoms with Crippen LogP contribution in [0.3, 0.4) is 0 Å². The normalized spacial score (nSPS) is 10.7. The highest BCUT2D eigenvalue weighted by molar-refractivity contribution is 6.04. The van der Waals surface area contributed by atoms with Crippen molar-refractivity contribution >= 4 is 23.3 Å². The van der Waals surface area contributed by atoms with Crippen molar-refractivity contribution in [3.8, 4) is 5.75 Å². The molecule has 0 aromatic heterocycles. The number of unbranched alkanes of at least 4 members (excludes halogenated alkanes) is 13. The average molecular weight is 462 g/mol. The molecule has 0 radical (unpaired) electrons. The molecule has 0 fully saturated rings. The highest BCUT2D eigenvalue weighted by Gasteiger charge is 2.13. The minimum Gasteiger partial charge on any atom is -0.491 e. The van der Waals surface area contributed by atoms with Crippen LogP contribution in [-0.2, 0) is 9.59 Å². The third-order valence-corrected chi connectivity index (χ3v) is 5.67. The Hall–Kier alpha value is -2.37. The van der Waals surface area contributed by atoms with Crippen LogP contribution < -0.4 is 10.1 Å². The second-order valence-electron chi connectivity index (χ2n) is 8.89. The molecule has 0 atom stereocenters. The van der Waals surface area contributed by atoms with E-state index >= 15 is 0 Å². The third-order valence-electron chi connectivity index (χ3n) is 5.67. The van der Waals surface area contributed by atoms with E-state index in [4.69, 9.17) is 4.74 Å². The molecule has 0 heterocycles. The van der Waals surface area contributed by atoms with Gasteiger partial charge in [-0.1, -0.05) is 90.4 Å². The predicted molar refractivity (Wildman–Crippen MR) is 133 cm³/mol. The van der Waals surface area contributed by atoms with Crippen molar-refractivity contribution in [1.82, 2.24) is 0 Å². The van der Waals surface area contributed by atoms with Crippen LogP contribution in [0.15, 0.2) is 18.2 Å². The lowest BCUT2D eigenvalue weighted by Crippen LogP contribution is -2.16. The van der Waals surface area contributed by atoms with E-state index < -0.39 is 11.9 Å². The Morgan fingerprint density at radius 1 is 0.818 bits per heavy atom. The summed E-state index contributed by atoms with van der Waals surface area (Å²) in [6.07, 6.45) is 17.7. The first-order valence-electron chi connectivity index (χ1n) is 12.7. The van der Waals surface area contributed by atoms with Gasteiger partial charge in [0.25, 0.3) is 0 Å². The Morgan fingerprint density at radius 3 is 1.82 bits per heavy atom. The van der Waals surface area contributed by atoms with Gasteiger partial charge in [0.05, 0.1) is 24.3 Å². The second kappa shape index (κ2) is 18.1. The largest absolute Gasteiger partial charge is 0.491 e. The van der Waals surface area contributed by atoms with Gasteiger partial charge in [0.2, 0.25) is 5.91 Å². The summed E-state index contributed by atoms with van der Waals surface area (Å²) >= 11 is 0. The quantitative estimate of drug-likeness (QED) is 0.159. The number of amides is 1. The first kappa shape index (κ1) is 28.7. The summed E-state index contributed by atoms with van der Waals surface area (Å²) in [6, 6.07) is 4.36. The molecule has 2 N–H and O–H groups in total. The molecule has 33 heavy (non-hydrogen) atoms. The number of benzene rings is 1. The van der Waals surface area contributed by atoms with E-state index in [0.717, 1.165) is 12.8 Å². The van der Waals surface area contributed by atoms with Gasteiger partial charge >= 0.3 is 5.97 Å². The molecule has 186 valence electrons. The van der Waals surface area contributed by atoms with Gasteiger partial charge in [0.15, 0.2) is 0 Å². The van der Waals surface area contributed by atoms with Crippen molar-refractivity contribution in [3.63, 3.8) is 0 Å². The van der Waals surface area contributed by atoms with Gasteiger partial charge in [-0.25, -0.2) is 4.79 Å². The van der Waals surface area contributed by atoms with Crippen molar-refractivity contribution in [3.05, 3.63) is 23.8 Å². The van der Waals surface area contributed by atoms with Gasteiger partial charge in [-0.2, -0.15) is 0 Å². The van der Waals surface area contributed by atoms with Crippen LogP contribution in [-0.4, -0.2) is 29.4 Å². The number of carboxylic acids is 1. The molecular formula is C27H43NO5. The van der Waals surface area contributed by atoms with Crippen molar-refractivity contribution in [2.75, 3.05) is 11.9 Å². The lowest BCUT2D eigenvalue weighted by molar-refractivity contribution is -0.124. The Balaban J connectivity index is 2.20. The van der Waals surface area contributed by atoms with Crippen LogP contribution in [0.2, 0.25) is 0 Å². The van der Waals surface area contributed by atoms with Crippen LogP contribution in [0, 0.1) is 0 Å². The molecular weight excluding hydrogens is 418 g/mol. The zero-order valence-corrected chi connectivity index (χ0v) is 20.6. The van der Waals surface area contributed by atoms with Crippen LogP contribution in [0.25, 0.3) is 0 Å². The molecule has 1 amide bonds. The Bertz CT molecular complexity index is 716. The number of nitrogens with one attached hydrogen (secondary N) is 1. The summed E-state index contributed by atoms with van der Waals surface area (Å²) in [6.45, 7) is 4.09. The number of carbonyl (C=O) groups is 3. The summed E-state index contributed by atoms with van der Waals surface area (Å²) in [5.41, 5.74) is 0.337. The number of rotatable bonds is 20. The van der Waals surface area contributed by atoms with E-state index in [9.17, 15) is 19.5 Å². The monoisotopic (exact) mass is 461 g/mol. The van der Waals surface area contributed by atoms with Gasteiger partial charge in [0, 0.05) is 0 Å². The number of ketones is 1. The van der Waals surface area contributed by atoms with Crippen LogP contribution >= 0.6 is 0 Å². The molecule has 0 bridgehead atoms. The first-order valence-corrected chi connectivity index (χ1v) is 12.7. The smallest absolute Gasteiger partial charge is 0.335 e. The van der Waals surface area contributed by atoms with Crippen molar-refractivity contribution in [2.24, 2.45) is 0 Å². The molecule has 1 aromatic rings. The molecule has 6 heteroatoms. The van der Waals surface area contributed by atoms with Gasteiger partial charge in [-0.15, -0.1) is 0 Å². The van der Waals surface area contributed by atoms with E-state index in [1.54, 1.807) is 6.07 Å². The van der Waals surface area contributed by atoms with Crippen molar-refractivity contribution in [2.45, 2.75) is 110 Å². The van der Waals surface area contributed by atoms with Gasteiger partial charge in [-0.05, 0) is 31.5 Å². The fraction of sp³-hybridized carbons (Fsp3) is 0.667. The molecule has 1 aromatic carbocycles. The molecule has 0 saturated carbocycles. The first-order chi connectivity index (χ1) is 15.9. The molecule has 0 aliphatic heterocycles. The van der Waals surface area contributed by atoms with Crippen LogP contribution in [0.4, 0.5) is 5.69 Å². The van der Waals surface area contributed by atoms with Gasteiger partial charge in [-0.3, -0.25) is 9.59 Å². The highest BCUT2D eigenvalue weighted by atomic mass is 16.5. The summed E-state index contributed by atoms with van der Waals surface area (Å²) in [4.78, 5) is 34.3. The standard InChI is InChI=1S/C27H43NO5/c1-3-4-5-6-7-8-9-10-11-12-13-14-15-16-19-33-25-18-17-23(27(31)32)21-24(25)28-26(30)20-22(2)29/h17-18,21H,3-16,19-20H2,1-2H3,(H,28,30)(H,31,32). The number of carbonyl (C=O) groups excluding carboxylic acids is 2. The number of carboxylic acid groups (broad SMARTS) is 1. The number of hydrogen-bond donors (Lipinski definition) is 2. The predicted octanol–water partition coefficient (Wildman–Crippen LogP) is 7.16. The minimum atomic E-state index is -1.09. The van der Waals surface area contributed by atoms with E-state index in [1.807, 2.05) is 0 Å². The van der Waals surface area contributed by atoms with Crippen molar-refractivity contribution < 1.29 is 24.2 Å². The number of Topliss-reactive ketones (excluding diaryl/α,β-unsaturated/α-hetero) is 1. The number of aromatic carboxylic acids is 1. The zero-order valence-electron chi connectivity index (χ0n) is 20.6. The Morgan fingerprint density at radius 2 is 1.33 bits per heavy atom. The summed E-state index contributed by atoms with van der Waals surface area (Å²) in [5, 5.41) is 11.8. The van der Waals surface area contributed by atoms with Crippen LogP contribution in [0.1, 0.15) is 121 Å². The van der Waals surface area contributed by atoms with Gasteiger partial charge in [0.1, 0.15) is 11.5 Å². The van der Waals surface area contributed by atoms with E-state index in [-0.39, 0.29) is 23.5 Å². The Kier molecular flexibility index (Phi) is 15.7. The fourth-order valence-corrected chi connectivity index (χ4v) is 3.79. The molecule has 0 saturated heterocycles. The van der Waals surface area contributed by atoms with E-state index in [1.165, 1.54) is 96.1 Å². The number of anilines is 1. The lowest BCUT2D eigenvalue weighted by atomic mass is 10.0. The SMILES string of the molecule is CCCCCCCCCCCCCCCCOc1ccc(C(=O)O)cc1NC(=O)CC(C)=O. The molecule has 0 unspecified atom stereocenters. The van der Waals surface area contributed by atoms with Crippen molar-refractivity contribution in [1.29, 1.82) is 0 Å². The summed E-state index contributed by atoms with van der Waals surface area (Å²) in [7, 11) is 0. The zero-order chi connectivity index (χ0) is 24.3. The maximum atomic E-state index is 11.9. The van der Waals surface area contributed by atoms with E-state index in [0.29, 0.717) is 12.4 Å². The highest BCUT2D eigenvalue weighted by Crippen LogP contribution is 2.26. The van der Waals surface area contributed by atoms with Crippen LogP contribution in [0.5, 0.6) is 5.75 Å². The maximum absolute atomic E-state index is 11.9. The topological polar surface area (TPSA) is 92.7 Å². The fourth-order valence-electron chi connectivity index (χ4n) is 3.79. The Labute approximate surface area is 199 Å². The second-order valence-corrected chi connectivity index (χ2v) is 8.89. The minimum absolute atomic E-state index is 0.0527. The molecule has 6 nitrogen and oxygen atoms in total. The molecule has 0 aliphatic rings. The molecule has 0 aliphatic carbocycles. The van der Waals surface area contributed by atoms with Gasteiger partial charge < -0.3 is 15.2 Å². The number of ether oxygens (including phenoxy) is 1. The summed E-state index contributed by atoms with van der Waals surface area (Å²) in [5.74, 6) is -1.40. The number of hydrogen-bond acceptors (Lipinski definition) is 4. The molecule has 0 spiro atoms. The average Bonchev–Trinajstić information content (AvgIpc) is 2.76. The third kappa shape index (κ3) is 14.4. The molecule has 1 rings (SSSR count). The lowest BCUT2D eigenvalue weighted by Gasteiger charge is -2.13.